The largest absolute Gasteiger partial charge is 0.459 e. The fraction of sp³-hybridized carbons (Fsp3) is 0.966. The second kappa shape index (κ2) is 29.1. The number of likely N-dealkylation sites (N-methyl/N-ethyl adjacent to an activating group) is 1. The van der Waals surface area contributed by atoms with Crippen molar-refractivity contribution in [2.24, 2.45) is 17.8 Å². The van der Waals surface area contributed by atoms with Gasteiger partial charge in [0.15, 0.2) is 6.29 Å². The van der Waals surface area contributed by atoms with Crippen LogP contribution in [-0.2, 0) is 23.8 Å². The third kappa shape index (κ3) is 16.1. The van der Waals surface area contributed by atoms with Gasteiger partial charge in [0.25, 0.3) is 0 Å². The second-order valence-corrected chi connectivity index (χ2v) is 29.9. The Hall–Kier alpha value is -0.950. The van der Waals surface area contributed by atoms with Crippen LogP contribution in [0, 0.1) is 17.8 Å². The van der Waals surface area contributed by atoms with Crippen molar-refractivity contribution in [3.8, 4) is 0 Å². The van der Waals surface area contributed by atoms with E-state index in [9.17, 15) is 35.1 Å². The molecule has 3 aliphatic carbocycles. The molecule has 1 amide bonds. The summed E-state index contributed by atoms with van der Waals surface area (Å²) >= 11 is 0. The van der Waals surface area contributed by atoms with Crippen molar-refractivity contribution < 1.29 is 49.3 Å². The molecule has 13 heteroatoms. The Kier molecular flexibility index (Phi) is 25.1. The minimum absolute atomic E-state index is 0.119. The van der Waals surface area contributed by atoms with Crippen LogP contribution in [0.4, 0.5) is 0 Å². The number of aliphatic hydroxyl groups excluding tert-OH is 3. The zero-order valence-electron chi connectivity index (χ0n) is 47.5. The first-order chi connectivity index (χ1) is 34.2. The van der Waals surface area contributed by atoms with Crippen LogP contribution < -0.4 is 0 Å². The minimum atomic E-state index is -1.93. The first kappa shape index (κ1) is 61.9. The molecule has 3 saturated carbocycles. The third-order valence-electron chi connectivity index (χ3n) is 19.2. The summed E-state index contributed by atoms with van der Waals surface area (Å²) in [6.07, 6.45) is 28.3. The maximum absolute atomic E-state index is 14.4. The van der Waals surface area contributed by atoms with E-state index in [4.69, 9.17) is 14.2 Å². The number of aliphatic hydroxyl groups is 5. The smallest absolute Gasteiger partial charge is 0.311 e. The van der Waals surface area contributed by atoms with E-state index >= 15 is 0 Å². The first-order valence-electron chi connectivity index (χ1n) is 30.0. The molecule has 5 fully saturated rings. The van der Waals surface area contributed by atoms with Crippen molar-refractivity contribution in [2.75, 3.05) is 26.8 Å². The summed E-state index contributed by atoms with van der Waals surface area (Å²) in [5, 5.41) is 59.6. The van der Waals surface area contributed by atoms with Gasteiger partial charge in [-0.15, -0.1) is 0 Å². The van der Waals surface area contributed by atoms with Gasteiger partial charge in [-0.3, -0.25) is 9.59 Å². The molecule has 0 aromatic rings. The van der Waals surface area contributed by atoms with Gasteiger partial charge in [-0.05, 0) is 170 Å². The monoisotopic (exact) mass is 1040 g/mol. The van der Waals surface area contributed by atoms with Gasteiger partial charge in [0, 0.05) is 32.2 Å². The van der Waals surface area contributed by atoms with E-state index in [1.54, 1.807) is 38.8 Å². The van der Waals surface area contributed by atoms with Crippen LogP contribution in [0.5, 0.6) is 0 Å². The Balaban J connectivity index is 1.19. The summed E-state index contributed by atoms with van der Waals surface area (Å²) in [4.78, 5) is 31.7. The standard InChI is InChI=1S/C59H110N2O10P/c1-11-50-59(8,68)54(65)45(6)61(40-41(2)39-58(7,67)55(43(4)52(63)44(5)56(66)70-50)71-57-53(64)49(60(9)10)38-42(3)69-57)51(62)36-28-17-15-13-12-14-16-18-29-37-72(46-30-22-19-23-31-46,47-32-24-20-25-33-47)48-34-26-21-27-35-48/h41-50,52-55,57,63-65,67-68H,11-40H2,1-10H3/q+1/t41-,42-,43+,44-,45-,49+,50-,52+,53-,54-,55-,57+,58-,59-/m1/s1. The highest BCUT2D eigenvalue weighted by molar-refractivity contribution is 7.77. The summed E-state index contributed by atoms with van der Waals surface area (Å²) in [7, 11) is 2.77. The van der Waals surface area contributed by atoms with Crippen molar-refractivity contribution in [3.05, 3.63) is 0 Å². The molecule has 72 heavy (non-hydrogen) atoms. The average Bonchev–Trinajstić information content (AvgIpc) is 3.36. The van der Waals surface area contributed by atoms with E-state index in [1.165, 1.54) is 142 Å². The third-order valence-corrected chi connectivity index (χ3v) is 25.9. The highest BCUT2D eigenvalue weighted by atomic mass is 31.2. The minimum Gasteiger partial charge on any atom is -0.459 e. The number of nitrogens with zero attached hydrogens (tertiary/aromatic N) is 2. The van der Waals surface area contributed by atoms with Gasteiger partial charge < -0.3 is 49.5 Å². The molecule has 2 aliphatic heterocycles. The van der Waals surface area contributed by atoms with Gasteiger partial charge in [-0.1, -0.05) is 78.6 Å². The summed E-state index contributed by atoms with van der Waals surface area (Å²) in [6.45, 7) is 13.8. The van der Waals surface area contributed by atoms with Crippen molar-refractivity contribution in [1.82, 2.24) is 9.80 Å². The maximum atomic E-state index is 14.4. The lowest BCUT2D eigenvalue weighted by Crippen LogP contribution is -2.60. The second-order valence-electron chi connectivity index (χ2n) is 25.3. The molecular formula is C59H110N2O10P+. The predicted octanol–water partition coefficient (Wildman–Crippen LogP) is 10.8. The molecule has 0 aromatic carbocycles. The Bertz CT molecular complexity index is 1540. The molecule has 2 saturated heterocycles. The highest BCUT2D eigenvalue weighted by Gasteiger charge is 2.57. The number of unbranched alkanes of at least 4 members (excludes halogenated alkanes) is 8. The molecule has 5 N–H and O–H groups in total. The fourth-order valence-electron chi connectivity index (χ4n) is 15.0. The number of hydrogen-bond donors (Lipinski definition) is 5. The van der Waals surface area contributed by atoms with Gasteiger partial charge in [0.05, 0.1) is 59.0 Å². The van der Waals surface area contributed by atoms with Crippen LogP contribution in [-0.4, -0.2) is 157 Å². The van der Waals surface area contributed by atoms with Crippen molar-refractivity contribution in [3.63, 3.8) is 0 Å². The lowest BCUT2D eigenvalue weighted by Gasteiger charge is -2.49. The molecule has 5 rings (SSSR count). The molecule has 5 aliphatic rings. The van der Waals surface area contributed by atoms with E-state index < -0.39 is 79.1 Å². The van der Waals surface area contributed by atoms with Crippen LogP contribution >= 0.6 is 7.26 Å². The zero-order chi connectivity index (χ0) is 52.8. The zero-order valence-corrected chi connectivity index (χ0v) is 48.4. The van der Waals surface area contributed by atoms with Crippen LogP contribution in [0.2, 0.25) is 0 Å². The molecule has 0 unspecified atom stereocenters. The molecule has 2 heterocycles. The van der Waals surface area contributed by atoms with Gasteiger partial charge in [0.2, 0.25) is 5.91 Å². The Labute approximate surface area is 439 Å². The van der Waals surface area contributed by atoms with Crippen molar-refractivity contribution in [2.45, 2.75) is 318 Å². The molecule has 14 atom stereocenters. The molecule has 12 nitrogen and oxygen atoms in total. The molecule has 420 valence electrons. The van der Waals surface area contributed by atoms with E-state index in [0.29, 0.717) is 12.8 Å². The molecule has 0 spiro atoms. The maximum Gasteiger partial charge on any atom is 0.311 e. The average molecular weight is 1040 g/mol. The first-order valence-corrected chi connectivity index (χ1v) is 32.2. The van der Waals surface area contributed by atoms with Crippen LogP contribution in [0.3, 0.4) is 0 Å². The summed E-state index contributed by atoms with van der Waals surface area (Å²) in [6, 6.07) is -1.14. The van der Waals surface area contributed by atoms with E-state index in [1.807, 2.05) is 32.8 Å². The SMILES string of the molecule is CC[C@H]1OC(=O)[C@H](C)[C@@H](O)[C@H](C)[C@@H](O[C@@H]2O[C@H](C)C[C@H](N(C)C)[C@H]2O)[C@](C)(O)C[C@@H](C)CN(C(=O)CCCCCCCCCCC[P+](C2CCCCC2)(C2CCCCC2)C2CCCCC2)[C@H](C)[C@@H](O)[C@]1(C)O. The van der Waals surface area contributed by atoms with Crippen LogP contribution in [0.1, 0.15) is 235 Å². The Morgan fingerprint density at radius 3 is 1.71 bits per heavy atom. The number of hydrogen-bond acceptors (Lipinski definition) is 11. The number of amides is 1. The normalized spacial score (nSPS) is 37.3. The number of rotatable bonds is 19. The summed E-state index contributed by atoms with van der Waals surface area (Å²) in [5.74, 6) is -3.21. The van der Waals surface area contributed by atoms with Crippen molar-refractivity contribution >= 4 is 19.1 Å². The van der Waals surface area contributed by atoms with Gasteiger partial charge in [-0.2, -0.15) is 0 Å². The molecule has 0 aromatic heterocycles. The number of cyclic esters (lactones) is 1. The van der Waals surface area contributed by atoms with Crippen LogP contribution in [0.25, 0.3) is 0 Å². The van der Waals surface area contributed by atoms with Gasteiger partial charge in [0.1, 0.15) is 23.9 Å². The lowest BCUT2D eigenvalue weighted by molar-refractivity contribution is -0.299. The van der Waals surface area contributed by atoms with Gasteiger partial charge >= 0.3 is 5.97 Å². The topological polar surface area (TPSA) is 169 Å². The summed E-state index contributed by atoms with van der Waals surface area (Å²) < 4.78 is 18.6. The molecule has 0 bridgehead atoms. The molecule has 0 radical (unpaired) electrons. The van der Waals surface area contributed by atoms with E-state index in [2.05, 4.69) is 0 Å². The summed E-state index contributed by atoms with van der Waals surface area (Å²) in [5.41, 5.74) is -0.352. The number of carbonyl (C=O) groups excluding carboxylic acids is 2. The Morgan fingerprint density at radius 1 is 0.736 bits per heavy atom. The highest BCUT2D eigenvalue weighted by Crippen LogP contribution is 2.77. The fourth-order valence-corrected chi connectivity index (χ4v) is 22.6. The Morgan fingerprint density at radius 2 is 1.22 bits per heavy atom. The number of esters is 1. The van der Waals surface area contributed by atoms with Crippen LogP contribution in [0.15, 0.2) is 0 Å². The predicted molar refractivity (Wildman–Crippen MR) is 293 cm³/mol. The van der Waals surface area contributed by atoms with Gasteiger partial charge in [-0.25, -0.2) is 0 Å². The lowest BCUT2D eigenvalue weighted by atomic mass is 9.78. The van der Waals surface area contributed by atoms with Crippen molar-refractivity contribution in [1.29, 1.82) is 0 Å². The number of carbonyl (C=O) groups is 2. The quantitative estimate of drug-likeness (QED) is 0.0474. The molecular weight excluding hydrogens is 928 g/mol. The van der Waals surface area contributed by atoms with E-state index in [-0.39, 0.29) is 49.8 Å². The number of ether oxygens (including phenoxy) is 3. The van der Waals surface area contributed by atoms with E-state index in [0.717, 1.165) is 36.2 Å².